The summed E-state index contributed by atoms with van der Waals surface area (Å²) in [7, 11) is 1.58. The summed E-state index contributed by atoms with van der Waals surface area (Å²) in [5, 5.41) is 0.650. The Kier molecular flexibility index (Phi) is 6.54. The van der Waals surface area contributed by atoms with Gasteiger partial charge in [-0.3, -0.25) is 14.5 Å². The molecule has 0 radical (unpaired) electrons. The Bertz CT molecular complexity index is 1200. The normalized spacial score (nSPS) is 11.0. The van der Waals surface area contributed by atoms with Crippen molar-refractivity contribution in [1.29, 1.82) is 0 Å². The number of anilines is 1. The monoisotopic (exact) mass is 433 g/mol. The highest BCUT2D eigenvalue weighted by atomic mass is 32.1. The third-order valence-corrected chi connectivity index (χ3v) is 6.05. The van der Waals surface area contributed by atoms with Gasteiger partial charge in [0.05, 0.1) is 22.4 Å². The van der Waals surface area contributed by atoms with Gasteiger partial charge in [-0.25, -0.2) is 4.98 Å². The maximum Gasteiger partial charge on any atom is 0.261 e. The Balaban J connectivity index is 1.67. The predicted octanol–water partition coefficient (Wildman–Crippen LogP) is 3.99. The second kappa shape index (κ2) is 9.68. The van der Waals surface area contributed by atoms with E-state index in [-0.39, 0.29) is 11.5 Å². The molecule has 0 fully saturated rings. The van der Waals surface area contributed by atoms with E-state index in [1.165, 1.54) is 22.0 Å². The molecule has 2 aromatic carbocycles. The number of methoxy groups -OCH3 is 1. The Morgan fingerprint density at radius 3 is 2.61 bits per heavy atom. The van der Waals surface area contributed by atoms with Gasteiger partial charge in [0.15, 0.2) is 5.13 Å². The van der Waals surface area contributed by atoms with E-state index in [0.29, 0.717) is 36.8 Å². The van der Waals surface area contributed by atoms with E-state index in [9.17, 15) is 9.59 Å². The number of ether oxygens (including phenoxy) is 1. The summed E-state index contributed by atoms with van der Waals surface area (Å²) in [6.07, 6.45) is 2.30. The molecule has 0 aliphatic rings. The van der Waals surface area contributed by atoms with Crippen LogP contribution in [0.1, 0.15) is 15.9 Å². The number of fused-ring (bicyclic) bond motifs is 1. The zero-order valence-electron chi connectivity index (χ0n) is 17.2. The lowest BCUT2D eigenvalue weighted by Gasteiger charge is -2.20. The summed E-state index contributed by atoms with van der Waals surface area (Å²) < 4.78 is 7.61. The second-order valence-corrected chi connectivity index (χ2v) is 8.11. The molecule has 0 spiro atoms. The highest BCUT2D eigenvalue weighted by molar-refractivity contribution is 7.22. The van der Waals surface area contributed by atoms with E-state index >= 15 is 0 Å². The largest absolute Gasteiger partial charge is 0.383 e. The van der Waals surface area contributed by atoms with E-state index in [1.807, 2.05) is 54.6 Å². The Morgan fingerprint density at radius 2 is 1.84 bits per heavy atom. The number of rotatable bonds is 8. The summed E-state index contributed by atoms with van der Waals surface area (Å²) in [6.45, 7) is 1.27. The maximum atomic E-state index is 13.5. The molecule has 0 bridgehead atoms. The molecule has 7 heteroatoms. The van der Waals surface area contributed by atoms with Crippen LogP contribution in [0.5, 0.6) is 0 Å². The lowest BCUT2D eigenvalue weighted by Crippen LogP contribution is -2.34. The quantitative estimate of drug-likeness (QED) is 0.421. The standard InChI is InChI=1S/C24H23N3O3S/c1-30-16-15-26-17-19(11-12-22(26)28)23(29)27(14-13-18-7-3-2-4-8-18)24-25-20-9-5-6-10-21(20)31-24/h2-12,17H,13-16H2,1H3. The van der Waals surface area contributed by atoms with Gasteiger partial charge >= 0.3 is 0 Å². The number of nitrogens with zero attached hydrogens (tertiary/aromatic N) is 3. The fraction of sp³-hybridized carbons (Fsp3) is 0.208. The molecule has 31 heavy (non-hydrogen) atoms. The topological polar surface area (TPSA) is 64.4 Å². The number of para-hydroxylation sites is 1. The van der Waals surface area contributed by atoms with E-state index in [2.05, 4.69) is 0 Å². The van der Waals surface area contributed by atoms with Crippen molar-refractivity contribution in [2.75, 3.05) is 25.2 Å². The molecular weight excluding hydrogens is 410 g/mol. The van der Waals surface area contributed by atoms with Gasteiger partial charge in [0.1, 0.15) is 0 Å². The molecule has 4 aromatic rings. The van der Waals surface area contributed by atoms with E-state index in [1.54, 1.807) is 24.3 Å². The van der Waals surface area contributed by atoms with Crippen LogP contribution < -0.4 is 10.5 Å². The van der Waals surface area contributed by atoms with Gasteiger partial charge in [-0.15, -0.1) is 0 Å². The molecule has 158 valence electrons. The number of aromatic nitrogens is 2. The lowest BCUT2D eigenvalue weighted by molar-refractivity contribution is 0.0986. The van der Waals surface area contributed by atoms with Crippen LogP contribution in [-0.4, -0.2) is 35.7 Å². The van der Waals surface area contributed by atoms with Crippen LogP contribution in [-0.2, 0) is 17.7 Å². The smallest absolute Gasteiger partial charge is 0.261 e. The third kappa shape index (κ3) is 4.90. The van der Waals surface area contributed by atoms with Gasteiger partial charge < -0.3 is 9.30 Å². The average Bonchev–Trinajstić information content (AvgIpc) is 3.23. The fourth-order valence-electron chi connectivity index (χ4n) is 3.32. The number of hydrogen-bond donors (Lipinski definition) is 0. The molecule has 0 atom stereocenters. The SMILES string of the molecule is COCCn1cc(C(=O)N(CCc2ccccc2)c2nc3ccccc3s2)ccc1=O. The van der Waals surface area contributed by atoms with Crippen molar-refractivity contribution in [3.8, 4) is 0 Å². The van der Waals surface area contributed by atoms with Crippen LogP contribution in [0.15, 0.2) is 77.7 Å². The minimum atomic E-state index is -0.179. The Morgan fingerprint density at radius 1 is 1.06 bits per heavy atom. The number of benzene rings is 2. The summed E-state index contributed by atoms with van der Waals surface area (Å²) in [5.74, 6) is -0.179. The van der Waals surface area contributed by atoms with Gasteiger partial charge in [-0.2, -0.15) is 0 Å². The molecule has 0 unspecified atom stereocenters. The van der Waals surface area contributed by atoms with Crippen molar-refractivity contribution in [1.82, 2.24) is 9.55 Å². The highest BCUT2D eigenvalue weighted by Crippen LogP contribution is 2.29. The second-order valence-electron chi connectivity index (χ2n) is 7.10. The summed E-state index contributed by atoms with van der Waals surface area (Å²) in [4.78, 5) is 32.1. The highest BCUT2D eigenvalue weighted by Gasteiger charge is 2.22. The van der Waals surface area contributed by atoms with Crippen LogP contribution >= 0.6 is 11.3 Å². The van der Waals surface area contributed by atoms with E-state index < -0.39 is 0 Å². The molecular formula is C24H23N3O3S. The first kappa shape index (κ1) is 21.0. The first-order chi connectivity index (χ1) is 15.2. The number of amides is 1. The van der Waals surface area contributed by atoms with Gasteiger partial charge in [-0.1, -0.05) is 53.8 Å². The number of hydrogen-bond acceptors (Lipinski definition) is 5. The third-order valence-electron chi connectivity index (χ3n) is 4.99. The van der Waals surface area contributed by atoms with Crippen LogP contribution in [0.25, 0.3) is 10.2 Å². The lowest BCUT2D eigenvalue weighted by atomic mass is 10.1. The van der Waals surface area contributed by atoms with Crippen LogP contribution in [0.4, 0.5) is 5.13 Å². The van der Waals surface area contributed by atoms with Crippen LogP contribution in [0.2, 0.25) is 0 Å². The number of thiazole rings is 1. The Hall–Kier alpha value is -3.29. The molecule has 0 saturated carbocycles. The molecule has 2 aromatic heterocycles. The molecule has 0 N–H and O–H groups in total. The fourth-order valence-corrected chi connectivity index (χ4v) is 4.31. The van der Waals surface area contributed by atoms with Gasteiger partial charge in [-0.05, 0) is 30.2 Å². The summed E-state index contributed by atoms with van der Waals surface area (Å²) in [5.41, 5.74) is 2.30. The van der Waals surface area contributed by atoms with E-state index in [0.717, 1.165) is 15.8 Å². The van der Waals surface area contributed by atoms with Crippen molar-refractivity contribution in [3.05, 3.63) is 94.4 Å². The predicted molar refractivity (Wildman–Crippen MR) is 124 cm³/mol. The Labute approximate surface area is 184 Å². The molecule has 6 nitrogen and oxygen atoms in total. The minimum absolute atomic E-state index is 0.163. The van der Waals surface area contributed by atoms with Crippen molar-refractivity contribution < 1.29 is 9.53 Å². The van der Waals surface area contributed by atoms with Gasteiger partial charge in [0.2, 0.25) is 0 Å². The van der Waals surface area contributed by atoms with E-state index in [4.69, 9.17) is 9.72 Å². The number of pyridine rings is 1. The molecule has 1 amide bonds. The zero-order valence-corrected chi connectivity index (χ0v) is 18.0. The van der Waals surface area contributed by atoms with Crippen molar-refractivity contribution in [2.24, 2.45) is 0 Å². The van der Waals surface area contributed by atoms with Crippen molar-refractivity contribution in [3.63, 3.8) is 0 Å². The molecule has 0 aliphatic carbocycles. The molecule has 2 heterocycles. The summed E-state index contributed by atoms with van der Waals surface area (Å²) in [6, 6.07) is 20.9. The van der Waals surface area contributed by atoms with Crippen LogP contribution in [0.3, 0.4) is 0 Å². The maximum absolute atomic E-state index is 13.5. The van der Waals surface area contributed by atoms with Crippen LogP contribution in [0, 0.1) is 0 Å². The van der Waals surface area contributed by atoms with Gasteiger partial charge in [0.25, 0.3) is 11.5 Å². The van der Waals surface area contributed by atoms with Crippen molar-refractivity contribution in [2.45, 2.75) is 13.0 Å². The molecule has 4 rings (SSSR count). The number of carbonyl (C=O) groups excluding carboxylic acids is 1. The minimum Gasteiger partial charge on any atom is -0.383 e. The molecule has 0 aliphatic heterocycles. The average molecular weight is 434 g/mol. The first-order valence-electron chi connectivity index (χ1n) is 10.1. The van der Waals surface area contributed by atoms with Crippen molar-refractivity contribution >= 4 is 32.6 Å². The first-order valence-corrected chi connectivity index (χ1v) is 10.9. The summed E-state index contributed by atoms with van der Waals surface area (Å²) >= 11 is 1.49. The number of carbonyl (C=O) groups is 1. The molecule has 0 saturated heterocycles. The zero-order chi connectivity index (χ0) is 21.6. The van der Waals surface area contributed by atoms with Gasteiger partial charge in [0, 0.05) is 32.5 Å².